The molecule has 5 aromatic rings. The van der Waals surface area contributed by atoms with E-state index < -0.39 is 0 Å². The minimum atomic E-state index is 0.562. The lowest BCUT2D eigenvalue weighted by Gasteiger charge is -2.15. The molecule has 0 aliphatic rings. The summed E-state index contributed by atoms with van der Waals surface area (Å²) in [7, 11) is 0. The van der Waals surface area contributed by atoms with Crippen molar-refractivity contribution >= 4 is 28.2 Å². The molecule has 3 heterocycles. The Labute approximate surface area is 204 Å². The van der Waals surface area contributed by atoms with Crippen molar-refractivity contribution in [3.05, 3.63) is 101 Å². The molecule has 0 spiro atoms. The number of nitrogens with zero attached hydrogens (tertiary/aromatic N) is 5. The maximum absolute atomic E-state index is 6.08. The lowest BCUT2D eigenvalue weighted by Crippen LogP contribution is -2.08. The van der Waals surface area contributed by atoms with Crippen LogP contribution in [0.3, 0.4) is 0 Å². The molecule has 0 amide bonds. The van der Waals surface area contributed by atoms with E-state index in [0.717, 1.165) is 29.0 Å². The SMILES string of the molecule is Cc1cc2c(N)nccc2c(C)c1CNc1cc(NCc2ccc(Cn3cccn3)cc2)ncn1. The number of fused-ring (bicyclic) bond motifs is 1. The number of benzene rings is 2. The van der Waals surface area contributed by atoms with Crippen LogP contribution in [-0.4, -0.2) is 24.7 Å². The molecule has 0 saturated carbocycles. The lowest BCUT2D eigenvalue weighted by atomic mass is 9.96. The van der Waals surface area contributed by atoms with Crippen LogP contribution in [0.1, 0.15) is 27.8 Å². The average molecular weight is 465 g/mol. The Bertz CT molecular complexity index is 1440. The quantitative estimate of drug-likeness (QED) is 0.306. The molecule has 0 saturated heterocycles. The van der Waals surface area contributed by atoms with Crippen LogP contribution in [0, 0.1) is 13.8 Å². The van der Waals surface area contributed by atoms with Crippen LogP contribution in [-0.2, 0) is 19.6 Å². The summed E-state index contributed by atoms with van der Waals surface area (Å²) in [6, 6.07) is 16.5. The molecule has 8 heteroatoms. The van der Waals surface area contributed by atoms with Gasteiger partial charge in [-0.05, 0) is 65.3 Å². The molecular weight excluding hydrogens is 436 g/mol. The molecular formula is C27H28N8. The fraction of sp³-hybridized carbons (Fsp3) is 0.185. The van der Waals surface area contributed by atoms with Crippen LogP contribution >= 0.6 is 0 Å². The van der Waals surface area contributed by atoms with Gasteiger partial charge >= 0.3 is 0 Å². The standard InChI is InChI=1S/C27H28N8/c1-18-12-23-22(8-10-29-27(23)28)19(2)24(18)15-31-26-13-25(32-17-33-26)30-14-20-4-6-21(7-5-20)16-35-11-3-9-34-35/h3-13,17H,14-16H2,1-2H3,(H2,28,29)(H2,30,31,32,33). The molecule has 5 rings (SSSR count). The van der Waals surface area contributed by atoms with Crippen molar-refractivity contribution in [1.29, 1.82) is 0 Å². The number of nitrogens with two attached hydrogens (primary N) is 1. The van der Waals surface area contributed by atoms with Gasteiger partial charge in [-0.3, -0.25) is 4.68 Å². The van der Waals surface area contributed by atoms with Crippen molar-refractivity contribution < 1.29 is 0 Å². The largest absolute Gasteiger partial charge is 0.383 e. The van der Waals surface area contributed by atoms with Crippen LogP contribution in [0.5, 0.6) is 0 Å². The third-order valence-corrected chi connectivity index (χ3v) is 6.23. The van der Waals surface area contributed by atoms with E-state index in [2.05, 4.69) is 74.9 Å². The molecule has 0 aliphatic carbocycles. The van der Waals surface area contributed by atoms with Crippen molar-refractivity contribution in [2.75, 3.05) is 16.4 Å². The molecule has 8 nitrogen and oxygen atoms in total. The summed E-state index contributed by atoms with van der Waals surface area (Å²) in [4.78, 5) is 13.0. The zero-order valence-corrected chi connectivity index (χ0v) is 19.9. The third-order valence-electron chi connectivity index (χ3n) is 6.23. The first-order chi connectivity index (χ1) is 17.1. The summed E-state index contributed by atoms with van der Waals surface area (Å²) in [5, 5.41) is 13.2. The lowest BCUT2D eigenvalue weighted by molar-refractivity contribution is 0.686. The number of pyridine rings is 1. The smallest absolute Gasteiger partial charge is 0.131 e. The number of rotatable bonds is 8. The molecule has 0 atom stereocenters. The van der Waals surface area contributed by atoms with Crippen molar-refractivity contribution in [3.63, 3.8) is 0 Å². The number of hydrogen-bond donors (Lipinski definition) is 3. The number of anilines is 3. The van der Waals surface area contributed by atoms with E-state index in [4.69, 9.17) is 5.73 Å². The van der Waals surface area contributed by atoms with Crippen LogP contribution in [0.15, 0.2) is 73.4 Å². The average Bonchev–Trinajstić information content (AvgIpc) is 3.38. The topological polar surface area (TPSA) is 107 Å². The van der Waals surface area contributed by atoms with Gasteiger partial charge in [-0.2, -0.15) is 5.10 Å². The second-order valence-corrected chi connectivity index (χ2v) is 8.60. The maximum atomic E-state index is 6.08. The highest BCUT2D eigenvalue weighted by atomic mass is 15.3. The number of aromatic nitrogens is 5. The van der Waals surface area contributed by atoms with E-state index in [1.165, 1.54) is 27.8 Å². The van der Waals surface area contributed by atoms with Gasteiger partial charge < -0.3 is 16.4 Å². The summed E-state index contributed by atoms with van der Waals surface area (Å²) in [5.41, 5.74) is 12.1. The van der Waals surface area contributed by atoms with Gasteiger partial charge in [0.1, 0.15) is 23.8 Å². The van der Waals surface area contributed by atoms with E-state index in [-0.39, 0.29) is 0 Å². The van der Waals surface area contributed by atoms with Crippen molar-refractivity contribution in [2.24, 2.45) is 0 Å². The highest BCUT2D eigenvalue weighted by molar-refractivity contribution is 5.94. The van der Waals surface area contributed by atoms with E-state index in [9.17, 15) is 0 Å². The normalized spacial score (nSPS) is 11.0. The van der Waals surface area contributed by atoms with Crippen LogP contribution in [0.4, 0.5) is 17.5 Å². The predicted octanol–water partition coefficient (Wildman–Crippen LogP) is 4.69. The zero-order valence-electron chi connectivity index (χ0n) is 19.9. The Morgan fingerprint density at radius 3 is 2.31 bits per heavy atom. The molecule has 0 unspecified atom stereocenters. The molecule has 176 valence electrons. The second-order valence-electron chi connectivity index (χ2n) is 8.60. The van der Waals surface area contributed by atoms with Gasteiger partial charge in [-0.1, -0.05) is 24.3 Å². The molecule has 0 fully saturated rings. The first-order valence-corrected chi connectivity index (χ1v) is 11.5. The second kappa shape index (κ2) is 9.80. The summed E-state index contributed by atoms with van der Waals surface area (Å²) < 4.78 is 1.91. The maximum Gasteiger partial charge on any atom is 0.131 e. The van der Waals surface area contributed by atoms with Crippen molar-refractivity contribution in [1.82, 2.24) is 24.7 Å². The zero-order chi connectivity index (χ0) is 24.2. The first kappa shape index (κ1) is 22.3. The Balaban J connectivity index is 1.22. The van der Waals surface area contributed by atoms with E-state index in [0.29, 0.717) is 18.9 Å². The Morgan fingerprint density at radius 1 is 0.829 bits per heavy atom. The molecule has 0 bridgehead atoms. The van der Waals surface area contributed by atoms with Crippen LogP contribution < -0.4 is 16.4 Å². The monoisotopic (exact) mass is 464 g/mol. The molecule has 2 aromatic carbocycles. The van der Waals surface area contributed by atoms with Crippen molar-refractivity contribution in [2.45, 2.75) is 33.5 Å². The van der Waals surface area contributed by atoms with E-state index >= 15 is 0 Å². The molecule has 35 heavy (non-hydrogen) atoms. The third kappa shape index (κ3) is 5.06. The Morgan fingerprint density at radius 2 is 1.57 bits per heavy atom. The summed E-state index contributed by atoms with van der Waals surface area (Å²) in [6.07, 6.45) is 7.09. The van der Waals surface area contributed by atoms with Crippen LogP contribution in [0.25, 0.3) is 10.8 Å². The Hall–Kier alpha value is -4.46. The van der Waals surface area contributed by atoms with Gasteiger partial charge in [0.05, 0.1) is 6.54 Å². The van der Waals surface area contributed by atoms with Crippen LogP contribution in [0.2, 0.25) is 0 Å². The van der Waals surface area contributed by atoms with Gasteiger partial charge in [0, 0.05) is 43.1 Å². The number of nitrogen functional groups attached to an aromatic ring is 1. The minimum Gasteiger partial charge on any atom is -0.383 e. The predicted molar refractivity (Wildman–Crippen MR) is 140 cm³/mol. The van der Waals surface area contributed by atoms with Crippen molar-refractivity contribution in [3.8, 4) is 0 Å². The molecule has 0 aliphatic heterocycles. The van der Waals surface area contributed by atoms with Gasteiger partial charge in [0.25, 0.3) is 0 Å². The van der Waals surface area contributed by atoms with E-state index in [1.807, 2.05) is 29.1 Å². The van der Waals surface area contributed by atoms with Gasteiger partial charge in [-0.15, -0.1) is 0 Å². The summed E-state index contributed by atoms with van der Waals surface area (Å²) >= 11 is 0. The fourth-order valence-electron chi connectivity index (χ4n) is 4.27. The minimum absolute atomic E-state index is 0.562. The Kier molecular flexibility index (Phi) is 6.26. The van der Waals surface area contributed by atoms with Gasteiger partial charge in [-0.25, -0.2) is 15.0 Å². The molecule has 3 aromatic heterocycles. The van der Waals surface area contributed by atoms with Gasteiger partial charge in [0.15, 0.2) is 0 Å². The molecule has 0 radical (unpaired) electrons. The molecule has 4 N–H and O–H groups in total. The number of aryl methyl sites for hydroxylation is 2. The summed E-state index contributed by atoms with van der Waals surface area (Å²) in [5.74, 6) is 2.10. The highest BCUT2D eigenvalue weighted by Crippen LogP contribution is 2.28. The number of hydrogen-bond acceptors (Lipinski definition) is 7. The van der Waals surface area contributed by atoms with Gasteiger partial charge in [0.2, 0.25) is 0 Å². The first-order valence-electron chi connectivity index (χ1n) is 11.5. The summed E-state index contributed by atoms with van der Waals surface area (Å²) in [6.45, 7) is 6.32. The fourth-order valence-corrected chi connectivity index (χ4v) is 4.27. The highest BCUT2D eigenvalue weighted by Gasteiger charge is 2.10. The number of nitrogens with one attached hydrogen (secondary N) is 2. The van der Waals surface area contributed by atoms with E-state index in [1.54, 1.807) is 18.7 Å².